The van der Waals surface area contributed by atoms with Gasteiger partial charge in [-0.15, -0.1) is 0 Å². The number of hydrogen-bond acceptors (Lipinski definition) is 7. The lowest BCUT2D eigenvalue weighted by Gasteiger charge is -2.34. The Kier molecular flexibility index (Phi) is 12.4. The molecule has 0 fully saturated rings. The third kappa shape index (κ3) is 9.15. The minimum Gasteiger partial charge on any atom is -0.497 e. The zero-order chi connectivity index (χ0) is 35.7. The van der Waals surface area contributed by atoms with Crippen molar-refractivity contribution in [3.8, 4) is 5.75 Å². The molecule has 49 heavy (non-hydrogen) atoms. The minimum atomic E-state index is -4.57. The molecule has 0 aliphatic heterocycles. The van der Waals surface area contributed by atoms with Gasteiger partial charge in [-0.25, -0.2) is 8.42 Å². The van der Waals surface area contributed by atoms with Crippen molar-refractivity contribution in [2.75, 3.05) is 18.0 Å². The van der Waals surface area contributed by atoms with Gasteiger partial charge in [-0.3, -0.25) is 24.0 Å². The molecule has 0 saturated carbocycles. The number of nitrogens with zero attached hydrogens (tertiary/aromatic N) is 3. The number of hydrogen-bond donors (Lipinski definition) is 1. The van der Waals surface area contributed by atoms with Crippen molar-refractivity contribution in [2.24, 2.45) is 0 Å². The van der Waals surface area contributed by atoms with Crippen molar-refractivity contribution >= 4 is 44.8 Å². The molecule has 13 heteroatoms. The van der Waals surface area contributed by atoms with Crippen molar-refractivity contribution in [3.63, 3.8) is 0 Å². The van der Waals surface area contributed by atoms with Gasteiger partial charge in [0.2, 0.25) is 11.8 Å². The number of nitro benzene ring substituents is 1. The number of nitro groups is 1. The maximum atomic E-state index is 14.6. The molecular formula is C36H39ClN4O7S. The molecule has 11 nitrogen and oxygen atoms in total. The fraction of sp³-hybridized carbons (Fsp3) is 0.278. The number of carbonyl (C=O) groups is 2. The standard InChI is InChI=1S/C36H39ClN4O7S/c1-5-26(3)38-36(43)34(21-27-11-7-6-8-12-27)39(23-28-13-9-10-14-32(28)37)35(42)24-40(29-16-18-30(48-4)19-17-29)49(46,47)31-20-15-25(2)33(22-31)41(44)45/h6-20,22,26,34H,5,21,23-24H2,1-4H3,(H,38,43)/t26-,34-/m0/s1. The van der Waals surface area contributed by atoms with Gasteiger partial charge in [0.25, 0.3) is 15.7 Å². The third-order valence-corrected chi connectivity index (χ3v) is 10.3. The summed E-state index contributed by atoms with van der Waals surface area (Å²) in [6.45, 7) is 4.45. The summed E-state index contributed by atoms with van der Waals surface area (Å²) in [7, 11) is -3.11. The van der Waals surface area contributed by atoms with Crippen LogP contribution in [0.3, 0.4) is 0 Å². The Hall–Kier alpha value is -4.94. The summed E-state index contributed by atoms with van der Waals surface area (Å²) in [5, 5.41) is 15.1. The van der Waals surface area contributed by atoms with E-state index < -0.39 is 39.3 Å². The van der Waals surface area contributed by atoms with Crippen LogP contribution >= 0.6 is 11.6 Å². The Morgan fingerprint density at radius 2 is 1.63 bits per heavy atom. The lowest BCUT2D eigenvalue weighted by Crippen LogP contribution is -2.54. The van der Waals surface area contributed by atoms with Crippen LogP contribution < -0.4 is 14.4 Å². The zero-order valence-electron chi connectivity index (χ0n) is 27.7. The van der Waals surface area contributed by atoms with Crippen LogP contribution in [0.1, 0.15) is 37.0 Å². The average molecular weight is 707 g/mol. The van der Waals surface area contributed by atoms with Crippen molar-refractivity contribution in [2.45, 2.75) is 57.1 Å². The minimum absolute atomic E-state index is 0.101. The van der Waals surface area contributed by atoms with E-state index in [4.69, 9.17) is 16.3 Å². The molecule has 0 aromatic heterocycles. The Bertz CT molecular complexity index is 1890. The number of benzene rings is 4. The smallest absolute Gasteiger partial charge is 0.273 e. The number of rotatable bonds is 15. The topological polar surface area (TPSA) is 139 Å². The molecule has 258 valence electrons. The predicted molar refractivity (Wildman–Crippen MR) is 189 cm³/mol. The molecule has 0 saturated heterocycles. The Labute approximate surface area is 291 Å². The van der Waals surface area contributed by atoms with Gasteiger partial charge in [0.1, 0.15) is 18.3 Å². The molecule has 4 aromatic carbocycles. The van der Waals surface area contributed by atoms with Crippen LogP contribution in [0.5, 0.6) is 5.75 Å². The fourth-order valence-corrected chi connectivity index (χ4v) is 6.79. The number of ether oxygens (including phenoxy) is 1. The largest absolute Gasteiger partial charge is 0.497 e. The Morgan fingerprint density at radius 1 is 0.980 bits per heavy atom. The van der Waals surface area contributed by atoms with Gasteiger partial charge in [0, 0.05) is 35.7 Å². The van der Waals surface area contributed by atoms with E-state index in [1.54, 1.807) is 36.4 Å². The van der Waals surface area contributed by atoms with E-state index in [9.17, 15) is 28.1 Å². The van der Waals surface area contributed by atoms with E-state index in [0.29, 0.717) is 22.8 Å². The van der Waals surface area contributed by atoms with Crippen LogP contribution in [0.25, 0.3) is 0 Å². The highest BCUT2D eigenvalue weighted by Gasteiger charge is 2.35. The first kappa shape index (κ1) is 36.9. The van der Waals surface area contributed by atoms with E-state index in [1.165, 1.54) is 43.2 Å². The number of anilines is 1. The molecule has 2 amide bonds. The molecule has 0 aliphatic carbocycles. The van der Waals surface area contributed by atoms with Gasteiger partial charge in [-0.05, 0) is 67.8 Å². The second-order valence-electron chi connectivity index (χ2n) is 11.6. The van der Waals surface area contributed by atoms with Gasteiger partial charge in [-0.1, -0.05) is 73.1 Å². The maximum Gasteiger partial charge on any atom is 0.273 e. The van der Waals surface area contributed by atoms with E-state index >= 15 is 0 Å². The molecule has 0 bridgehead atoms. The summed E-state index contributed by atoms with van der Waals surface area (Å²) in [4.78, 5) is 40.6. The van der Waals surface area contributed by atoms with E-state index in [0.717, 1.165) is 15.9 Å². The number of halogens is 1. The number of carbonyl (C=O) groups excluding carboxylic acids is 2. The Balaban J connectivity index is 1.85. The molecule has 4 aromatic rings. The summed E-state index contributed by atoms with van der Waals surface area (Å²) in [6.07, 6.45) is 0.785. The van der Waals surface area contributed by atoms with E-state index in [1.807, 2.05) is 44.2 Å². The lowest BCUT2D eigenvalue weighted by molar-refractivity contribution is -0.385. The number of aryl methyl sites for hydroxylation is 1. The van der Waals surface area contributed by atoms with Crippen molar-refractivity contribution < 1.29 is 27.7 Å². The second kappa shape index (κ2) is 16.4. The summed E-state index contributed by atoms with van der Waals surface area (Å²) >= 11 is 6.55. The van der Waals surface area contributed by atoms with Crippen LogP contribution in [0, 0.1) is 17.0 Å². The van der Waals surface area contributed by atoms with Gasteiger partial charge in [-0.2, -0.15) is 0 Å². The van der Waals surface area contributed by atoms with Crippen LogP contribution in [0.2, 0.25) is 5.02 Å². The van der Waals surface area contributed by atoms with Crippen molar-refractivity contribution in [1.82, 2.24) is 10.2 Å². The molecular weight excluding hydrogens is 668 g/mol. The number of methoxy groups -OCH3 is 1. The summed E-state index contributed by atoms with van der Waals surface area (Å²) in [6, 6.07) is 24.5. The number of nitrogens with one attached hydrogen (secondary N) is 1. The summed E-state index contributed by atoms with van der Waals surface area (Å²) in [5.74, 6) is -0.656. The normalized spacial score (nSPS) is 12.4. The first-order valence-corrected chi connectivity index (χ1v) is 17.5. The quantitative estimate of drug-likeness (QED) is 0.113. The zero-order valence-corrected chi connectivity index (χ0v) is 29.3. The van der Waals surface area contributed by atoms with Crippen molar-refractivity contribution in [1.29, 1.82) is 0 Å². The lowest BCUT2D eigenvalue weighted by atomic mass is 10.0. The van der Waals surface area contributed by atoms with Gasteiger partial charge < -0.3 is 15.0 Å². The van der Waals surface area contributed by atoms with E-state index in [2.05, 4.69) is 5.32 Å². The maximum absolute atomic E-state index is 14.6. The molecule has 0 heterocycles. The van der Waals surface area contributed by atoms with Crippen molar-refractivity contribution in [3.05, 3.63) is 129 Å². The molecule has 0 aliphatic rings. The highest BCUT2D eigenvalue weighted by molar-refractivity contribution is 7.92. The molecule has 4 rings (SSSR count). The second-order valence-corrected chi connectivity index (χ2v) is 13.8. The van der Waals surface area contributed by atoms with Crippen LogP contribution in [0.4, 0.5) is 11.4 Å². The summed E-state index contributed by atoms with van der Waals surface area (Å²) in [5.41, 5.74) is 1.35. The molecule has 1 N–H and O–H groups in total. The molecule has 0 unspecified atom stereocenters. The third-order valence-electron chi connectivity index (χ3n) is 8.18. The molecule has 0 radical (unpaired) electrons. The number of amides is 2. The predicted octanol–water partition coefficient (Wildman–Crippen LogP) is 6.32. The fourth-order valence-electron chi connectivity index (χ4n) is 5.16. The highest BCUT2D eigenvalue weighted by atomic mass is 35.5. The monoisotopic (exact) mass is 706 g/mol. The average Bonchev–Trinajstić information content (AvgIpc) is 3.09. The van der Waals surface area contributed by atoms with Crippen LogP contribution in [-0.2, 0) is 32.6 Å². The van der Waals surface area contributed by atoms with Gasteiger partial charge in [0.15, 0.2) is 0 Å². The number of sulfonamides is 1. The first-order valence-electron chi connectivity index (χ1n) is 15.6. The van der Waals surface area contributed by atoms with Crippen LogP contribution in [-0.4, -0.2) is 55.8 Å². The van der Waals surface area contributed by atoms with E-state index in [-0.39, 0.29) is 40.8 Å². The first-order chi connectivity index (χ1) is 23.3. The molecule has 2 atom stereocenters. The van der Waals surface area contributed by atoms with Gasteiger partial charge in [0.05, 0.1) is 22.6 Å². The SMILES string of the molecule is CC[C@H](C)NC(=O)[C@H](Cc1ccccc1)N(Cc1ccccc1Cl)C(=O)CN(c1ccc(OC)cc1)S(=O)(=O)c1ccc(C)c([N+](=O)[O-])c1. The molecule has 0 spiro atoms. The van der Waals surface area contributed by atoms with Crippen LogP contribution in [0.15, 0.2) is 102 Å². The van der Waals surface area contributed by atoms with Gasteiger partial charge >= 0.3 is 0 Å². The Morgan fingerprint density at radius 3 is 2.24 bits per heavy atom. The summed E-state index contributed by atoms with van der Waals surface area (Å²) < 4.78 is 34.8. The highest BCUT2D eigenvalue weighted by Crippen LogP contribution is 2.30.